The topological polar surface area (TPSA) is 131 Å². The van der Waals surface area contributed by atoms with E-state index in [0.29, 0.717) is 22.5 Å². The monoisotopic (exact) mass is 536 g/mol. The summed E-state index contributed by atoms with van der Waals surface area (Å²) in [7, 11) is 0. The Labute approximate surface area is 229 Å². The molecule has 2 amide bonds. The largest absolute Gasteiger partial charge is 0.312 e. The number of aryl methyl sites for hydroxylation is 4. The minimum atomic E-state index is -0.546. The van der Waals surface area contributed by atoms with Gasteiger partial charge in [-0.15, -0.1) is 0 Å². The van der Waals surface area contributed by atoms with Gasteiger partial charge in [0, 0.05) is 24.7 Å². The Bertz CT molecular complexity index is 1860. The van der Waals surface area contributed by atoms with E-state index in [1.807, 2.05) is 63.2 Å². The summed E-state index contributed by atoms with van der Waals surface area (Å²) in [5.74, 6) is -0.490. The third kappa shape index (κ3) is 4.45. The molecule has 1 fully saturated rings. The maximum Gasteiger partial charge on any atom is 0.263 e. The molecule has 2 aromatic carbocycles. The smallest absolute Gasteiger partial charge is 0.263 e. The second-order valence-corrected chi connectivity index (χ2v) is 10.3. The van der Waals surface area contributed by atoms with Gasteiger partial charge in [-0.1, -0.05) is 18.2 Å². The van der Waals surface area contributed by atoms with Crippen LogP contribution in [-0.4, -0.2) is 47.9 Å². The number of H-pyrrole nitrogens is 1. The molecule has 1 unspecified atom stereocenters. The van der Waals surface area contributed by atoms with Gasteiger partial charge in [-0.05, 0) is 68.7 Å². The number of nitrogens with one attached hydrogen (secondary N) is 2. The quantitative estimate of drug-likeness (QED) is 0.353. The molecule has 0 spiro atoms. The second-order valence-electron chi connectivity index (χ2n) is 10.3. The Morgan fingerprint density at radius 1 is 0.975 bits per heavy atom. The molecule has 11 heteroatoms. The van der Waals surface area contributed by atoms with Gasteiger partial charge in [-0.2, -0.15) is 19.9 Å². The third-order valence-corrected chi connectivity index (χ3v) is 7.25. The molecule has 4 heterocycles. The van der Waals surface area contributed by atoms with E-state index in [0.717, 1.165) is 28.1 Å². The van der Waals surface area contributed by atoms with E-state index in [9.17, 15) is 14.4 Å². The summed E-state index contributed by atoms with van der Waals surface area (Å²) in [6.07, 6.45) is 1.57. The molecule has 11 nitrogen and oxygen atoms in total. The maximum absolute atomic E-state index is 13.3. The number of aromatic nitrogens is 6. The van der Waals surface area contributed by atoms with Gasteiger partial charge in [0.1, 0.15) is 11.2 Å². The molecule has 6 rings (SSSR count). The van der Waals surface area contributed by atoms with Crippen LogP contribution in [0.3, 0.4) is 0 Å². The lowest BCUT2D eigenvalue weighted by Crippen LogP contribution is -2.29. The Kier molecular flexibility index (Phi) is 6.05. The van der Waals surface area contributed by atoms with Gasteiger partial charge in [-0.25, -0.2) is 4.68 Å². The lowest BCUT2D eigenvalue weighted by Gasteiger charge is -2.18. The fraction of sp³-hybridized carbons (Fsp3) is 0.241. The summed E-state index contributed by atoms with van der Waals surface area (Å²) in [6.45, 7) is 8.04. The molecule has 1 atom stereocenters. The number of amides is 2. The molecule has 1 aliphatic heterocycles. The fourth-order valence-corrected chi connectivity index (χ4v) is 4.96. The zero-order valence-corrected chi connectivity index (χ0v) is 22.6. The van der Waals surface area contributed by atoms with Crippen molar-refractivity contribution in [1.29, 1.82) is 0 Å². The van der Waals surface area contributed by atoms with Gasteiger partial charge in [0.05, 0.1) is 23.5 Å². The number of carbonyl (C=O) groups is 2. The molecule has 5 aromatic rings. The van der Waals surface area contributed by atoms with Crippen molar-refractivity contribution in [2.24, 2.45) is 5.92 Å². The van der Waals surface area contributed by atoms with Crippen LogP contribution in [0.15, 0.2) is 59.5 Å². The van der Waals surface area contributed by atoms with E-state index in [2.05, 4.69) is 25.5 Å². The Morgan fingerprint density at radius 3 is 2.58 bits per heavy atom. The van der Waals surface area contributed by atoms with Crippen molar-refractivity contribution in [3.63, 3.8) is 0 Å². The molecular weight excluding hydrogens is 508 g/mol. The van der Waals surface area contributed by atoms with Crippen molar-refractivity contribution in [2.45, 2.75) is 34.1 Å². The molecule has 202 valence electrons. The molecule has 2 N–H and O–H groups in total. The fourth-order valence-electron chi connectivity index (χ4n) is 4.96. The van der Waals surface area contributed by atoms with Gasteiger partial charge in [-0.3, -0.25) is 19.4 Å². The lowest BCUT2D eigenvalue weighted by atomic mass is 10.1. The van der Waals surface area contributed by atoms with E-state index in [1.54, 1.807) is 22.6 Å². The van der Waals surface area contributed by atoms with Gasteiger partial charge in [0.2, 0.25) is 17.8 Å². The molecule has 1 aliphatic rings. The van der Waals surface area contributed by atoms with E-state index in [1.165, 1.54) is 10.9 Å². The number of aromatic amines is 1. The first-order chi connectivity index (χ1) is 19.2. The molecule has 0 saturated carbocycles. The number of benzene rings is 2. The van der Waals surface area contributed by atoms with E-state index in [4.69, 9.17) is 0 Å². The molecule has 0 bridgehead atoms. The van der Waals surface area contributed by atoms with E-state index < -0.39 is 5.92 Å². The Hall–Kier alpha value is -5.06. The summed E-state index contributed by atoms with van der Waals surface area (Å²) >= 11 is 0. The number of carbonyl (C=O) groups excluding carboxylic acids is 2. The molecule has 3 aromatic heterocycles. The Morgan fingerprint density at radius 2 is 1.80 bits per heavy atom. The highest BCUT2D eigenvalue weighted by Gasteiger charge is 2.35. The van der Waals surface area contributed by atoms with Crippen molar-refractivity contribution in [1.82, 2.24) is 29.5 Å². The van der Waals surface area contributed by atoms with Crippen molar-refractivity contribution in [3.8, 4) is 11.6 Å². The molecule has 0 aliphatic carbocycles. The SMILES string of the molecule is Cc1cccc(-n2ncc3c(=O)[nH]c(-n4nc(C)cc4NC(=O)C4CC(=O)N(c5ccc(C)c(C)c5)C4)nc32)c1. The van der Waals surface area contributed by atoms with Crippen molar-refractivity contribution in [3.05, 3.63) is 87.5 Å². The first kappa shape index (κ1) is 25.2. The number of anilines is 2. The van der Waals surface area contributed by atoms with Crippen LogP contribution in [0.5, 0.6) is 0 Å². The highest BCUT2D eigenvalue weighted by Crippen LogP contribution is 2.28. The average molecular weight is 537 g/mol. The number of hydrogen-bond donors (Lipinski definition) is 2. The van der Waals surface area contributed by atoms with Crippen LogP contribution < -0.4 is 15.8 Å². The van der Waals surface area contributed by atoms with Crippen LogP contribution in [0.1, 0.15) is 28.8 Å². The predicted molar refractivity (Wildman–Crippen MR) is 151 cm³/mol. The zero-order chi connectivity index (χ0) is 28.1. The normalized spacial score (nSPS) is 15.2. The van der Waals surface area contributed by atoms with Crippen LogP contribution in [-0.2, 0) is 9.59 Å². The first-order valence-corrected chi connectivity index (χ1v) is 13.0. The van der Waals surface area contributed by atoms with Crippen LogP contribution in [0, 0.1) is 33.6 Å². The van der Waals surface area contributed by atoms with Gasteiger partial charge < -0.3 is 10.2 Å². The van der Waals surface area contributed by atoms with Gasteiger partial charge in [0.15, 0.2) is 5.65 Å². The summed E-state index contributed by atoms with van der Waals surface area (Å²) in [5, 5.41) is 12.1. The summed E-state index contributed by atoms with van der Waals surface area (Å²) in [6, 6.07) is 15.2. The van der Waals surface area contributed by atoms with Crippen LogP contribution in [0.4, 0.5) is 11.5 Å². The minimum absolute atomic E-state index is 0.0998. The molecule has 40 heavy (non-hydrogen) atoms. The van der Waals surface area contributed by atoms with Crippen LogP contribution >= 0.6 is 0 Å². The lowest BCUT2D eigenvalue weighted by molar-refractivity contribution is -0.122. The van der Waals surface area contributed by atoms with Crippen molar-refractivity contribution in [2.75, 3.05) is 16.8 Å². The van der Waals surface area contributed by atoms with Gasteiger partial charge in [0.25, 0.3) is 5.56 Å². The standard InChI is InChI=1S/C29H28N8O3/c1-16-6-5-7-22(10-16)36-26-23(14-30-36)28(40)33-29(32-26)37-24(12-19(4)34-37)31-27(39)20-13-25(38)35(15-20)21-9-8-17(2)18(3)11-21/h5-12,14,20H,13,15H2,1-4H3,(H,31,39)(H,32,33,40). The summed E-state index contributed by atoms with van der Waals surface area (Å²) in [5.41, 5.74) is 5.41. The highest BCUT2D eigenvalue weighted by molar-refractivity contribution is 6.03. The maximum atomic E-state index is 13.3. The summed E-state index contributed by atoms with van der Waals surface area (Å²) < 4.78 is 2.99. The summed E-state index contributed by atoms with van der Waals surface area (Å²) in [4.78, 5) is 48.2. The first-order valence-electron chi connectivity index (χ1n) is 13.0. The molecule has 0 radical (unpaired) electrons. The number of hydrogen-bond acceptors (Lipinski definition) is 6. The van der Waals surface area contributed by atoms with Crippen LogP contribution in [0.25, 0.3) is 22.7 Å². The average Bonchev–Trinajstić information content (AvgIpc) is 3.62. The molecule has 1 saturated heterocycles. The van der Waals surface area contributed by atoms with Crippen LogP contribution in [0.2, 0.25) is 0 Å². The van der Waals surface area contributed by atoms with Gasteiger partial charge >= 0.3 is 0 Å². The van der Waals surface area contributed by atoms with E-state index >= 15 is 0 Å². The Balaban J connectivity index is 1.30. The number of nitrogens with zero attached hydrogens (tertiary/aromatic N) is 6. The van der Waals surface area contributed by atoms with E-state index in [-0.39, 0.29) is 36.3 Å². The second kappa shape index (κ2) is 9.60. The van der Waals surface area contributed by atoms with Crippen molar-refractivity contribution < 1.29 is 9.59 Å². The molecular formula is C29H28N8O3. The number of fused-ring (bicyclic) bond motifs is 1. The highest BCUT2D eigenvalue weighted by atomic mass is 16.2. The zero-order valence-electron chi connectivity index (χ0n) is 22.6. The predicted octanol–water partition coefficient (Wildman–Crippen LogP) is 3.52. The minimum Gasteiger partial charge on any atom is -0.312 e. The van der Waals surface area contributed by atoms with Crippen molar-refractivity contribution >= 4 is 34.4 Å². The number of rotatable bonds is 5. The third-order valence-electron chi connectivity index (χ3n) is 7.25.